The van der Waals surface area contributed by atoms with Gasteiger partial charge in [-0.15, -0.1) is 11.3 Å². The first-order chi connectivity index (χ1) is 18.5. The minimum Gasteiger partial charge on any atom is -0.376 e. The summed E-state index contributed by atoms with van der Waals surface area (Å²) < 4.78 is 35.8. The molecule has 2 aliphatic heterocycles. The summed E-state index contributed by atoms with van der Waals surface area (Å²) in [4.78, 5) is 16.5. The lowest BCUT2D eigenvalue weighted by atomic mass is 10.1. The quantitative estimate of drug-likeness (QED) is 0.354. The van der Waals surface area contributed by atoms with Crippen molar-refractivity contribution < 1.29 is 13.2 Å². The first-order valence-electron chi connectivity index (χ1n) is 12.9. The molecule has 6 rings (SSSR count). The second-order valence-corrected chi connectivity index (χ2v) is 12.9. The van der Waals surface area contributed by atoms with Crippen LogP contribution < -0.4 is 10.2 Å². The molecule has 4 aromatic rings. The fourth-order valence-electron chi connectivity index (χ4n) is 5.00. The Kier molecular flexibility index (Phi) is 7.04. The van der Waals surface area contributed by atoms with Crippen molar-refractivity contribution in [3.63, 3.8) is 0 Å². The van der Waals surface area contributed by atoms with Gasteiger partial charge in [0.2, 0.25) is 5.95 Å². The number of aryl methyl sites for hydroxylation is 1. The highest BCUT2D eigenvalue weighted by molar-refractivity contribution is 7.91. The summed E-state index contributed by atoms with van der Waals surface area (Å²) in [5, 5.41) is 5.25. The summed E-state index contributed by atoms with van der Waals surface area (Å²) >= 11 is 1.25. The van der Waals surface area contributed by atoms with E-state index < -0.39 is 10.0 Å². The van der Waals surface area contributed by atoms with E-state index in [2.05, 4.69) is 46.4 Å². The number of thiophene rings is 1. The van der Waals surface area contributed by atoms with Gasteiger partial charge in [0.05, 0.1) is 19.0 Å². The number of nitrogens with zero attached hydrogens (tertiary/aromatic N) is 6. The van der Waals surface area contributed by atoms with Crippen LogP contribution in [0.25, 0.3) is 11.2 Å². The highest BCUT2D eigenvalue weighted by Crippen LogP contribution is 2.27. The van der Waals surface area contributed by atoms with E-state index in [0.717, 1.165) is 30.6 Å². The van der Waals surface area contributed by atoms with E-state index >= 15 is 0 Å². The summed E-state index contributed by atoms with van der Waals surface area (Å²) in [7, 11) is -3.48. The molecule has 2 fully saturated rings. The molecule has 1 aromatic carbocycles. The first-order valence-corrected chi connectivity index (χ1v) is 15.2. The van der Waals surface area contributed by atoms with E-state index in [9.17, 15) is 8.42 Å². The van der Waals surface area contributed by atoms with Crippen molar-refractivity contribution in [2.24, 2.45) is 0 Å². The van der Waals surface area contributed by atoms with Crippen molar-refractivity contribution >= 4 is 44.3 Å². The Morgan fingerprint density at radius 2 is 2.00 bits per heavy atom. The lowest BCUT2D eigenvalue weighted by molar-refractivity contribution is 0.120. The number of imidazole rings is 1. The van der Waals surface area contributed by atoms with Crippen LogP contribution in [-0.2, 0) is 21.3 Å². The normalized spacial score (nSPS) is 18.9. The van der Waals surface area contributed by atoms with Gasteiger partial charge in [0.25, 0.3) is 10.0 Å². The number of sulfonamides is 1. The number of piperazine rings is 1. The van der Waals surface area contributed by atoms with Crippen LogP contribution in [-0.4, -0.2) is 77.7 Å². The summed E-state index contributed by atoms with van der Waals surface area (Å²) in [5.41, 5.74) is 3.85. The number of aromatic nitrogens is 4. The molecule has 2 aliphatic rings. The van der Waals surface area contributed by atoms with Gasteiger partial charge in [0.15, 0.2) is 17.0 Å². The van der Waals surface area contributed by atoms with Crippen molar-refractivity contribution in [2.45, 2.75) is 36.6 Å². The van der Waals surface area contributed by atoms with Crippen LogP contribution in [0.4, 0.5) is 11.8 Å². The van der Waals surface area contributed by atoms with Crippen LogP contribution >= 0.6 is 11.3 Å². The van der Waals surface area contributed by atoms with Crippen LogP contribution in [0.3, 0.4) is 0 Å². The average Bonchev–Trinajstić information content (AvgIpc) is 3.71. The molecule has 200 valence electrons. The molecular formula is C26H31N7O3S2. The Morgan fingerprint density at radius 3 is 2.74 bits per heavy atom. The molecule has 5 heterocycles. The highest BCUT2D eigenvalue weighted by atomic mass is 32.2. The number of anilines is 2. The molecule has 1 N–H and O–H groups in total. The van der Waals surface area contributed by atoms with E-state index in [-0.39, 0.29) is 6.10 Å². The molecule has 0 bridgehead atoms. The molecule has 1 unspecified atom stereocenters. The SMILES string of the molecule is Cc1cccc(Cn2cnc3c(NCC4CCCO4)nc(N4CCN(S(=O)(=O)c5cccs5)CC4)nc32)c1. The molecule has 0 radical (unpaired) electrons. The fourth-order valence-corrected chi connectivity index (χ4v) is 7.57. The molecule has 0 saturated carbocycles. The van der Waals surface area contributed by atoms with Gasteiger partial charge < -0.3 is 19.5 Å². The Hall–Kier alpha value is -3.06. The Balaban J connectivity index is 1.28. The number of fused-ring (bicyclic) bond motifs is 1. The third-order valence-corrected chi connectivity index (χ3v) is 10.3. The van der Waals surface area contributed by atoms with Gasteiger partial charge in [-0.05, 0) is 36.8 Å². The molecule has 10 nitrogen and oxygen atoms in total. The second kappa shape index (κ2) is 10.6. The largest absolute Gasteiger partial charge is 0.376 e. The molecule has 12 heteroatoms. The number of benzene rings is 1. The lowest BCUT2D eigenvalue weighted by Crippen LogP contribution is -2.49. The van der Waals surface area contributed by atoms with Crippen molar-refractivity contribution in [1.82, 2.24) is 23.8 Å². The van der Waals surface area contributed by atoms with E-state index in [1.165, 1.54) is 22.5 Å². The van der Waals surface area contributed by atoms with Crippen LogP contribution in [0, 0.1) is 6.92 Å². The maximum Gasteiger partial charge on any atom is 0.252 e. The van der Waals surface area contributed by atoms with Crippen molar-refractivity contribution in [2.75, 3.05) is 49.5 Å². The van der Waals surface area contributed by atoms with E-state index in [0.29, 0.717) is 55.2 Å². The van der Waals surface area contributed by atoms with Gasteiger partial charge in [-0.25, -0.2) is 13.4 Å². The van der Waals surface area contributed by atoms with Crippen molar-refractivity contribution in [3.05, 3.63) is 59.2 Å². The van der Waals surface area contributed by atoms with Crippen LogP contribution in [0.5, 0.6) is 0 Å². The standard InChI is InChI=1S/C26H31N7O3S2/c1-19-5-2-6-20(15-19)17-32-18-28-23-24(27-16-21-7-3-13-36-21)29-26(30-25(23)32)31-9-11-33(12-10-31)38(34,35)22-8-4-14-37-22/h2,4-6,8,14-15,18,21H,3,7,9-13,16-17H2,1H3,(H,27,29,30). The number of hydrogen-bond acceptors (Lipinski definition) is 9. The molecular weight excluding hydrogens is 522 g/mol. The van der Waals surface area contributed by atoms with Gasteiger partial charge in [-0.3, -0.25) is 0 Å². The van der Waals surface area contributed by atoms with E-state index in [4.69, 9.17) is 14.7 Å². The van der Waals surface area contributed by atoms with Crippen LogP contribution in [0.2, 0.25) is 0 Å². The maximum atomic E-state index is 13.0. The summed E-state index contributed by atoms with van der Waals surface area (Å²) in [6.45, 7) is 5.95. The minimum atomic E-state index is -3.48. The third-order valence-electron chi connectivity index (χ3n) is 7.02. The summed E-state index contributed by atoms with van der Waals surface area (Å²) in [6, 6.07) is 11.8. The predicted octanol–water partition coefficient (Wildman–Crippen LogP) is 3.35. The zero-order valence-electron chi connectivity index (χ0n) is 21.3. The lowest BCUT2D eigenvalue weighted by Gasteiger charge is -2.33. The summed E-state index contributed by atoms with van der Waals surface area (Å²) in [5.74, 6) is 1.25. The molecule has 0 spiro atoms. The Bertz CT molecular complexity index is 1510. The smallest absolute Gasteiger partial charge is 0.252 e. The number of hydrogen-bond donors (Lipinski definition) is 1. The third kappa shape index (κ3) is 5.13. The molecule has 2 saturated heterocycles. The maximum absolute atomic E-state index is 13.0. The minimum absolute atomic E-state index is 0.156. The van der Waals surface area contributed by atoms with Gasteiger partial charge >= 0.3 is 0 Å². The fraction of sp³-hybridized carbons (Fsp3) is 0.423. The van der Waals surface area contributed by atoms with Gasteiger partial charge in [0, 0.05) is 39.3 Å². The topological polar surface area (TPSA) is 105 Å². The van der Waals surface area contributed by atoms with Gasteiger partial charge in [-0.2, -0.15) is 14.3 Å². The molecule has 3 aromatic heterocycles. The van der Waals surface area contributed by atoms with Crippen molar-refractivity contribution in [1.29, 1.82) is 0 Å². The van der Waals surface area contributed by atoms with Crippen molar-refractivity contribution in [3.8, 4) is 0 Å². The monoisotopic (exact) mass is 553 g/mol. The molecule has 0 aliphatic carbocycles. The molecule has 0 amide bonds. The van der Waals surface area contributed by atoms with E-state index in [1.807, 2.05) is 10.9 Å². The second-order valence-electron chi connectivity index (χ2n) is 9.75. The van der Waals surface area contributed by atoms with Crippen LogP contribution in [0.1, 0.15) is 24.0 Å². The highest BCUT2D eigenvalue weighted by Gasteiger charge is 2.30. The Labute approximate surface area is 226 Å². The number of rotatable bonds is 8. The predicted molar refractivity (Wildman–Crippen MR) is 148 cm³/mol. The number of nitrogens with one attached hydrogen (secondary N) is 1. The zero-order chi connectivity index (χ0) is 26.1. The zero-order valence-corrected chi connectivity index (χ0v) is 22.9. The van der Waals surface area contributed by atoms with E-state index in [1.54, 1.807) is 21.8 Å². The molecule has 1 atom stereocenters. The first kappa shape index (κ1) is 25.2. The van der Waals surface area contributed by atoms with Gasteiger partial charge in [-0.1, -0.05) is 35.9 Å². The number of ether oxygens (including phenoxy) is 1. The average molecular weight is 554 g/mol. The molecule has 38 heavy (non-hydrogen) atoms. The van der Waals surface area contributed by atoms with Gasteiger partial charge in [0.1, 0.15) is 4.21 Å². The van der Waals surface area contributed by atoms with Crippen LogP contribution in [0.15, 0.2) is 52.3 Å². The summed E-state index contributed by atoms with van der Waals surface area (Å²) in [6.07, 6.45) is 4.06. The Morgan fingerprint density at radius 1 is 1.13 bits per heavy atom.